The molecule has 1 aromatic carbocycles. The molecular weight excluding hydrogens is 412 g/mol. The Morgan fingerprint density at radius 2 is 2.06 bits per heavy atom. The zero-order chi connectivity index (χ0) is 21.6. The Bertz CT molecular complexity index is 1120. The number of rotatable bonds is 2. The first kappa shape index (κ1) is 20.4. The fourth-order valence-corrected chi connectivity index (χ4v) is 7.29. The molecule has 1 aliphatic carbocycles. The molecule has 8 heteroatoms. The van der Waals surface area contributed by atoms with Crippen molar-refractivity contribution in [3.05, 3.63) is 53.6 Å². The monoisotopic (exact) mass is 440 g/mol. The Morgan fingerprint density at radius 3 is 2.90 bits per heavy atom. The van der Waals surface area contributed by atoms with Crippen molar-refractivity contribution < 1.29 is 13.2 Å². The number of aromatic nitrogens is 2. The van der Waals surface area contributed by atoms with Crippen molar-refractivity contribution in [1.29, 1.82) is 0 Å². The summed E-state index contributed by atoms with van der Waals surface area (Å²) in [6.45, 7) is 3.41. The molecule has 31 heavy (non-hydrogen) atoms. The average Bonchev–Trinajstić information content (AvgIpc) is 2.78. The second-order valence-electron chi connectivity index (χ2n) is 9.12. The lowest BCUT2D eigenvalue weighted by atomic mass is 9.65. The third-order valence-electron chi connectivity index (χ3n) is 7.21. The van der Waals surface area contributed by atoms with Crippen molar-refractivity contribution in [2.45, 2.75) is 56.9 Å². The van der Waals surface area contributed by atoms with Gasteiger partial charge in [0.05, 0.1) is 17.1 Å². The highest BCUT2D eigenvalue weighted by molar-refractivity contribution is 7.92. The molecule has 5 rings (SSSR count). The van der Waals surface area contributed by atoms with Gasteiger partial charge in [0, 0.05) is 36.3 Å². The van der Waals surface area contributed by atoms with Crippen LogP contribution in [0.1, 0.15) is 60.6 Å². The van der Waals surface area contributed by atoms with E-state index in [1.54, 1.807) is 30.6 Å². The standard InChI is InChI=1S/C23H28N4O3S/c1-23-10-5-11-26(20(23)9-8-18-15-24-16-25-21(18)23)22(28)17-6-4-7-19(14-17)27-12-2-3-13-31(27,29)30/h4,6-7,14-16,20H,2-3,5,8-13H2,1H3/t20-,23+/m0/s1. The summed E-state index contributed by atoms with van der Waals surface area (Å²) in [6, 6.07) is 7.20. The molecule has 2 fully saturated rings. The smallest absolute Gasteiger partial charge is 0.254 e. The van der Waals surface area contributed by atoms with Crippen LogP contribution in [0.2, 0.25) is 0 Å². The Balaban J connectivity index is 1.46. The van der Waals surface area contributed by atoms with E-state index in [0.717, 1.165) is 37.8 Å². The molecule has 7 nitrogen and oxygen atoms in total. The topological polar surface area (TPSA) is 83.5 Å². The van der Waals surface area contributed by atoms with Crippen molar-refractivity contribution in [3.8, 4) is 0 Å². The highest BCUT2D eigenvalue weighted by Crippen LogP contribution is 2.45. The van der Waals surface area contributed by atoms with Crippen molar-refractivity contribution in [2.24, 2.45) is 0 Å². The van der Waals surface area contributed by atoms with Gasteiger partial charge in [0.2, 0.25) is 10.0 Å². The zero-order valence-corrected chi connectivity index (χ0v) is 18.6. The summed E-state index contributed by atoms with van der Waals surface area (Å²) in [5, 5.41) is 0. The van der Waals surface area contributed by atoms with Crippen LogP contribution in [0.3, 0.4) is 0 Å². The first-order valence-corrected chi connectivity index (χ1v) is 12.7. The molecule has 0 spiro atoms. The minimum atomic E-state index is -3.31. The van der Waals surface area contributed by atoms with Gasteiger partial charge in [0.15, 0.2) is 0 Å². The third kappa shape index (κ3) is 3.41. The molecule has 1 amide bonds. The maximum atomic E-state index is 13.6. The number of nitrogens with zero attached hydrogens (tertiary/aromatic N) is 4. The lowest BCUT2D eigenvalue weighted by Gasteiger charge is -2.51. The molecule has 2 aliphatic heterocycles. The number of carbonyl (C=O) groups is 1. The van der Waals surface area contributed by atoms with E-state index in [1.807, 2.05) is 11.1 Å². The number of carbonyl (C=O) groups excluding carboxylic acids is 1. The predicted molar refractivity (Wildman–Crippen MR) is 119 cm³/mol. The van der Waals surface area contributed by atoms with E-state index in [-0.39, 0.29) is 23.1 Å². The van der Waals surface area contributed by atoms with Crippen molar-refractivity contribution in [2.75, 3.05) is 23.1 Å². The molecule has 2 aromatic rings. The largest absolute Gasteiger partial charge is 0.335 e. The number of fused-ring (bicyclic) bond motifs is 3. The van der Waals surface area contributed by atoms with Gasteiger partial charge in [-0.05, 0) is 62.3 Å². The second-order valence-corrected chi connectivity index (χ2v) is 11.1. The molecule has 0 saturated carbocycles. The van der Waals surface area contributed by atoms with Crippen molar-refractivity contribution >= 4 is 21.6 Å². The van der Waals surface area contributed by atoms with Gasteiger partial charge in [-0.3, -0.25) is 9.10 Å². The summed E-state index contributed by atoms with van der Waals surface area (Å²) >= 11 is 0. The molecule has 0 unspecified atom stereocenters. The molecule has 3 heterocycles. The molecule has 2 saturated heterocycles. The first-order valence-electron chi connectivity index (χ1n) is 11.1. The first-order chi connectivity index (χ1) is 14.9. The summed E-state index contributed by atoms with van der Waals surface area (Å²) < 4.78 is 26.5. The number of piperidine rings is 1. The van der Waals surface area contributed by atoms with E-state index >= 15 is 0 Å². The minimum absolute atomic E-state index is 0.0234. The van der Waals surface area contributed by atoms with E-state index in [0.29, 0.717) is 30.8 Å². The Kier molecular flexibility index (Phi) is 5.00. The predicted octanol–water partition coefficient (Wildman–Crippen LogP) is 2.92. The van der Waals surface area contributed by atoms with E-state index < -0.39 is 10.0 Å². The van der Waals surface area contributed by atoms with Crippen LogP contribution in [0.15, 0.2) is 36.8 Å². The third-order valence-corrected chi connectivity index (χ3v) is 9.08. The summed E-state index contributed by atoms with van der Waals surface area (Å²) in [4.78, 5) is 24.4. The molecule has 1 aromatic heterocycles. The van der Waals surface area contributed by atoms with Gasteiger partial charge in [-0.2, -0.15) is 0 Å². The number of benzene rings is 1. The lowest BCUT2D eigenvalue weighted by molar-refractivity contribution is 0.0379. The molecule has 0 N–H and O–H groups in total. The number of amides is 1. The van der Waals surface area contributed by atoms with Crippen LogP contribution < -0.4 is 4.31 Å². The summed E-state index contributed by atoms with van der Waals surface area (Å²) in [5.41, 5.74) is 3.22. The normalized spacial score (nSPS) is 27.3. The molecule has 164 valence electrons. The Morgan fingerprint density at radius 1 is 1.19 bits per heavy atom. The van der Waals surface area contributed by atoms with Crippen LogP contribution in [0.25, 0.3) is 0 Å². The molecule has 0 radical (unpaired) electrons. The molecule has 2 atom stereocenters. The number of hydrogen-bond acceptors (Lipinski definition) is 5. The quantitative estimate of drug-likeness (QED) is 0.717. The zero-order valence-electron chi connectivity index (χ0n) is 17.8. The van der Waals surface area contributed by atoms with Crippen LogP contribution in [-0.2, 0) is 21.9 Å². The van der Waals surface area contributed by atoms with E-state index in [1.165, 1.54) is 9.87 Å². The minimum Gasteiger partial charge on any atom is -0.335 e. The van der Waals surface area contributed by atoms with E-state index in [4.69, 9.17) is 0 Å². The van der Waals surface area contributed by atoms with E-state index in [2.05, 4.69) is 16.9 Å². The van der Waals surface area contributed by atoms with Gasteiger partial charge < -0.3 is 4.90 Å². The fraction of sp³-hybridized carbons (Fsp3) is 0.522. The van der Waals surface area contributed by atoms with Crippen LogP contribution in [-0.4, -0.2) is 54.1 Å². The van der Waals surface area contributed by atoms with Crippen molar-refractivity contribution in [3.63, 3.8) is 0 Å². The van der Waals surface area contributed by atoms with Crippen LogP contribution in [0.4, 0.5) is 5.69 Å². The second kappa shape index (κ2) is 7.58. The van der Waals surface area contributed by atoms with Gasteiger partial charge in [-0.25, -0.2) is 18.4 Å². The number of anilines is 1. The van der Waals surface area contributed by atoms with Gasteiger partial charge >= 0.3 is 0 Å². The van der Waals surface area contributed by atoms with E-state index in [9.17, 15) is 13.2 Å². The Labute approximate surface area is 183 Å². The summed E-state index contributed by atoms with van der Waals surface area (Å²) in [6.07, 6.45) is 8.72. The molecular formula is C23H28N4O3S. The maximum absolute atomic E-state index is 13.6. The van der Waals surface area contributed by atoms with Gasteiger partial charge in [-0.1, -0.05) is 13.0 Å². The number of aryl methyl sites for hydroxylation is 1. The number of sulfonamides is 1. The molecule has 3 aliphatic rings. The summed E-state index contributed by atoms with van der Waals surface area (Å²) in [7, 11) is -3.31. The fourth-order valence-electron chi connectivity index (χ4n) is 5.66. The van der Waals surface area contributed by atoms with Gasteiger partial charge in [0.25, 0.3) is 5.91 Å². The van der Waals surface area contributed by atoms with Crippen LogP contribution in [0, 0.1) is 0 Å². The van der Waals surface area contributed by atoms with Crippen LogP contribution >= 0.6 is 0 Å². The SMILES string of the molecule is C[C@@]12CCCN(C(=O)c3cccc(N4CCCCS4(=O)=O)c3)[C@H]1CCc1cncnc12. The lowest BCUT2D eigenvalue weighted by Crippen LogP contribution is -2.57. The average molecular weight is 441 g/mol. The maximum Gasteiger partial charge on any atom is 0.254 e. The molecule has 0 bridgehead atoms. The summed E-state index contributed by atoms with van der Waals surface area (Å²) in [5.74, 6) is 0.142. The van der Waals surface area contributed by atoms with Crippen molar-refractivity contribution in [1.82, 2.24) is 14.9 Å². The highest BCUT2D eigenvalue weighted by Gasteiger charge is 2.48. The van der Waals surface area contributed by atoms with Gasteiger partial charge in [0.1, 0.15) is 6.33 Å². The number of likely N-dealkylation sites (tertiary alicyclic amines) is 1. The van der Waals surface area contributed by atoms with Gasteiger partial charge in [-0.15, -0.1) is 0 Å². The number of hydrogen-bond donors (Lipinski definition) is 0. The Hall–Kier alpha value is -2.48. The van der Waals surface area contributed by atoms with Crippen LogP contribution in [0.5, 0.6) is 0 Å². The highest BCUT2D eigenvalue weighted by atomic mass is 32.2.